The van der Waals surface area contributed by atoms with E-state index in [-0.39, 0.29) is 11.9 Å². The quantitative estimate of drug-likeness (QED) is 0.702. The van der Waals surface area contributed by atoms with Gasteiger partial charge in [-0.1, -0.05) is 19.3 Å². The average Bonchev–Trinajstić information content (AvgIpc) is 3.13. The highest BCUT2D eigenvalue weighted by Gasteiger charge is 2.27. The molecule has 0 heterocycles. The summed E-state index contributed by atoms with van der Waals surface area (Å²) in [6, 6.07) is 0.192. The standard InChI is InChI=1S/C13H24N2O2/c14-13(16)12(15-11-6-7-11)9-17-8-10-4-2-1-3-5-10/h10-12,15H,1-9H2,(H2,14,16). The third-order valence-electron chi connectivity index (χ3n) is 3.72. The molecule has 0 aromatic heterocycles. The molecule has 2 fully saturated rings. The number of carbonyl (C=O) groups is 1. The molecule has 2 aliphatic carbocycles. The van der Waals surface area contributed by atoms with Gasteiger partial charge in [-0.2, -0.15) is 0 Å². The Morgan fingerprint density at radius 3 is 2.53 bits per heavy atom. The van der Waals surface area contributed by atoms with Crippen molar-refractivity contribution in [2.24, 2.45) is 11.7 Å². The van der Waals surface area contributed by atoms with Crippen molar-refractivity contribution in [2.75, 3.05) is 13.2 Å². The maximum absolute atomic E-state index is 11.2. The molecule has 1 amide bonds. The van der Waals surface area contributed by atoms with Crippen LogP contribution in [0.3, 0.4) is 0 Å². The molecule has 1 unspecified atom stereocenters. The average molecular weight is 240 g/mol. The maximum atomic E-state index is 11.2. The van der Waals surface area contributed by atoms with E-state index < -0.39 is 0 Å². The zero-order valence-corrected chi connectivity index (χ0v) is 10.5. The van der Waals surface area contributed by atoms with Gasteiger partial charge in [-0.3, -0.25) is 4.79 Å². The molecule has 0 spiro atoms. The van der Waals surface area contributed by atoms with Gasteiger partial charge in [0.15, 0.2) is 0 Å². The number of nitrogens with two attached hydrogens (primary N) is 1. The molecule has 2 rings (SSSR count). The first-order valence-electron chi connectivity index (χ1n) is 6.89. The molecule has 4 heteroatoms. The van der Waals surface area contributed by atoms with Crippen molar-refractivity contribution in [2.45, 2.75) is 57.0 Å². The van der Waals surface area contributed by atoms with Gasteiger partial charge in [0.05, 0.1) is 6.61 Å². The van der Waals surface area contributed by atoms with Crippen LogP contribution in [-0.2, 0) is 9.53 Å². The SMILES string of the molecule is NC(=O)C(COCC1CCCCC1)NC1CC1. The topological polar surface area (TPSA) is 64.4 Å². The van der Waals surface area contributed by atoms with Gasteiger partial charge in [0.1, 0.15) is 6.04 Å². The number of carbonyl (C=O) groups excluding carboxylic acids is 1. The molecule has 2 saturated carbocycles. The van der Waals surface area contributed by atoms with E-state index >= 15 is 0 Å². The summed E-state index contributed by atoms with van der Waals surface area (Å²) in [6.45, 7) is 1.22. The molecular weight excluding hydrogens is 216 g/mol. The van der Waals surface area contributed by atoms with Gasteiger partial charge in [-0.05, 0) is 31.6 Å². The van der Waals surface area contributed by atoms with Gasteiger partial charge >= 0.3 is 0 Å². The van der Waals surface area contributed by atoms with Crippen LogP contribution >= 0.6 is 0 Å². The largest absolute Gasteiger partial charge is 0.379 e. The zero-order valence-electron chi connectivity index (χ0n) is 10.5. The van der Waals surface area contributed by atoms with Crippen LogP contribution in [0.5, 0.6) is 0 Å². The number of amides is 1. The first-order chi connectivity index (χ1) is 8.25. The van der Waals surface area contributed by atoms with E-state index in [1.165, 1.54) is 32.1 Å². The molecule has 0 saturated heterocycles. The Morgan fingerprint density at radius 1 is 1.24 bits per heavy atom. The molecule has 98 valence electrons. The smallest absolute Gasteiger partial charge is 0.236 e. The van der Waals surface area contributed by atoms with E-state index in [2.05, 4.69) is 5.32 Å². The number of ether oxygens (including phenoxy) is 1. The third kappa shape index (κ3) is 4.64. The lowest BCUT2D eigenvalue weighted by atomic mass is 9.90. The van der Waals surface area contributed by atoms with Crippen LogP contribution in [0.2, 0.25) is 0 Å². The van der Waals surface area contributed by atoms with Gasteiger partial charge in [-0.15, -0.1) is 0 Å². The van der Waals surface area contributed by atoms with E-state index in [0.717, 1.165) is 19.4 Å². The van der Waals surface area contributed by atoms with E-state index in [0.29, 0.717) is 18.6 Å². The van der Waals surface area contributed by atoms with Crippen molar-refractivity contribution in [3.63, 3.8) is 0 Å². The monoisotopic (exact) mass is 240 g/mol. The lowest BCUT2D eigenvalue weighted by Gasteiger charge is -2.22. The van der Waals surface area contributed by atoms with Crippen molar-refractivity contribution in [1.82, 2.24) is 5.32 Å². The fraction of sp³-hybridized carbons (Fsp3) is 0.923. The third-order valence-corrected chi connectivity index (χ3v) is 3.72. The summed E-state index contributed by atoms with van der Waals surface area (Å²) in [5.41, 5.74) is 5.35. The molecule has 3 N–H and O–H groups in total. The summed E-state index contributed by atoms with van der Waals surface area (Å²) in [6.07, 6.45) is 8.89. The van der Waals surface area contributed by atoms with Crippen molar-refractivity contribution < 1.29 is 9.53 Å². The Balaban J connectivity index is 1.62. The number of nitrogens with one attached hydrogen (secondary N) is 1. The van der Waals surface area contributed by atoms with Gasteiger partial charge in [0.25, 0.3) is 0 Å². The minimum absolute atomic E-state index is 0.291. The number of hydrogen-bond donors (Lipinski definition) is 2. The fourth-order valence-electron chi connectivity index (χ4n) is 2.45. The van der Waals surface area contributed by atoms with Crippen LogP contribution in [0.4, 0.5) is 0 Å². The Hall–Kier alpha value is -0.610. The fourth-order valence-corrected chi connectivity index (χ4v) is 2.45. The summed E-state index contributed by atoms with van der Waals surface area (Å²) in [5, 5.41) is 3.23. The summed E-state index contributed by atoms with van der Waals surface area (Å²) >= 11 is 0. The number of primary amides is 1. The predicted octanol–water partition coefficient (Wildman–Crippen LogP) is 1.19. The summed E-state index contributed by atoms with van der Waals surface area (Å²) in [7, 11) is 0. The first-order valence-corrected chi connectivity index (χ1v) is 6.89. The van der Waals surface area contributed by atoms with Crippen LogP contribution < -0.4 is 11.1 Å². The molecule has 2 aliphatic rings. The minimum atomic E-state index is -0.300. The van der Waals surface area contributed by atoms with Gasteiger partial charge in [0.2, 0.25) is 5.91 Å². The molecule has 0 bridgehead atoms. The van der Waals surface area contributed by atoms with Crippen LogP contribution in [0.15, 0.2) is 0 Å². The molecule has 0 aliphatic heterocycles. The molecule has 0 radical (unpaired) electrons. The van der Waals surface area contributed by atoms with Crippen LogP contribution in [-0.4, -0.2) is 31.2 Å². The van der Waals surface area contributed by atoms with Gasteiger partial charge in [-0.25, -0.2) is 0 Å². The normalized spacial score (nSPS) is 23.5. The van der Waals surface area contributed by atoms with E-state index in [1.54, 1.807) is 0 Å². The van der Waals surface area contributed by atoms with Crippen LogP contribution in [0.25, 0.3) is 0 Å². The predicted molar refractivity (Wildman–Crippen MR) is 66.5 cm³/mol. The molecule has 1 atom stereocenters. The summed E-state index contributed by atoms with van der Waals surface area (Å²) in [5.74, 6) is 0.402. The molecule has 0 aromatic carbocycles. The maximum Gasteiger partial charge on any atom is 0.236 e. The Labute approximate surface area is 103 Å². The van der Waals surface area contributed by atoms with Gasteiger partial charge < -0.3 is 15.8 Å². The minimum Gasteiger partial charge on any atom is -0.379 e. The van der Waals surface area contributed by atoms with Crippen molar-refractivity contribution >= 4 is 5.91 Å². The van der Waals surface area contributed by atoms with Crippen LogP contribution in [0, 0.1) is 5.92 Å². The van der Waals surface area contributed by atoms with E-state index in [4.69, 9.17) is 10.5 Å². The highest BCUT2D eigenvalue weighted by atomic mass is 16.5. The molecule has 4 nitrogen and oxygen atoms in total. The molecule has 0 aromatic rings. The highest BCUT2D eigenvalue weighted by Crippen LogP contribution is 2.24. The van der Waals surface area contributed by atoms with E-state index in [9.17, 15) is 4.79 Å². The van der Waals surface area contributed by atoms with Crippen molar-refractivity contribution in [1.29, 1.82) is 0 Å². The Morgan fingerprint density at radius 2 is 1.94 bits per heavy atom. The Kier molecular flexibility index (Phi) is 4.80. The lowest BCUT2D eigenvalue weighted by molar-refractivity contribution is -0.121. The summed E-state index contributed by atoms with van der Waals surface area (Å²) < 4.78 is 5.66. The first kappa shape index (κ1) is 12.8. The van der Waals surface area contributed by atoms with Gasteiger partial charge in [0, 0.05) is 12.6 Å². The second kappa shape index (κ2) is 6.36. The van der Waals surface area contributed by atoms with Crippen molar-refractivity contribution in [3.05, 3.63) is 0 Å². The van der Waals surface area contributed by atoms with Crippen LogP contribution in [0.1, 0.15) is 44.9 Å². The molecule has 17 heavy (non-hydrogen) atoms. The summed E-state index contributed by atoms with van der Waals surface area (Å²) in [4.78, 5) is 11.2. The van der Waals surface area contributed by atoms with E-state index in [1.807, 2.05) is 0 Å². The number of rotatable bonds is 7. The second-order valence-electron chi connectivity index (χ2n) is 5.44. The Bertz CT molecular complexity index is 248. The molecular formula is C13H24N2O2. The lowest BCUT2D eigenvalue weighted by Crippen LogP contribution is -2.45. The zero-order chi connectivity index (χ0) is 12.1. The second-order valence-corrected chi connectivity index (χ2v) is 5.44. The number of hydrogen-bond acceptors (Lipinski definition) is 3. The highest BCUT2D eigenvalue weighted by molar-refractivity contribution is 5.80. The van der Waals surface area contributed by atoms with Crippen molar-refractivity contribution in [3.8, 4) is 0 Å².